The second-order valence-electron chi connectivity index (χ2n) is 0.0913. The molecule has 1 nitrogen and oxygen atoms in total. The SMILES string of the molecule is N#C[S-].[Ca+2].[H-].[H-].[K+]. The van der Waals surface area contributed by atoms with Crippen LogP contribution < -0.4 is 51.4 Å². The number of nitriles is 1. The molecule has 4 heteroatoms. The van der Waals surface area contributed by atoms with E-state index in [2.05, 4.69) is 12.6 Å². The van der Waals surface area contributed by atoms with Gasteiger partial charge in [-0.3, -0.25) is 0 Å². The van der Waals surface area contributed by atoms with Gasteiger partial charge in [0.2, 0.25) is 0 Å². The number of rotatable bonds is 0. The quantitative estimate of drug-likeness (QED) is 0.201. The first-order valence-electron chi connectivity index (χ1n) is 0.428. The van der Waals surface area contributed by atoms with Gasteiger partial charge in [0.05, 0.1) is 0 Å². The molecule has 20 valence electrons. The van der Waals surface area contributed by atoms with Crippen LogP contribution in [0.5, 0.6) is 0 Å². The maximum absolute atomic E-state index is 7.13. The van der Waals surface area contributed by atoms with Crippen LogP contribution in [-0.2, 0) is 12.6 Å². The first-order valence-corrected chi connectivity index (χ1v) is 0.836. The van der Waals surface area contributed by atoms with Crippen molar-refractivity contribution in [1.29, 1.82) is 5.26 Å². The van der Waals surface area contributed by atoms with Crippen LogP contribution >= 0.6 is 0 Å². The third-order valence-corrected chi connectivity index (χ3v) is 0. The fraction of sp³-hybridized carbons (Fsp3) is 0. The van der Waals surface area contributed by atoms with Crippen LogP contribution in [0, 0.1) is 10.7 Å². The molecule has 0 heterocycles. The zero-order valence-corrected chi connectivity index (χ0v) is 9.21. The van der Waals surface area contributed by atoms with E-state index in [1.165, 1.54) is 5.40 Å². The van der Waals surface area contributed by atoms with Crippen molar-refractivity contribution in [2.24, 2.45) is 0 Å². The number of nitrogens with zero attached hydrogens (tertiary/aromatic N) is 1. The van der Waals surface area contributed by atoms with Crippen molar-refractivity contribution in [3.8, 4) is 5.40 Å². The van der Waals surface area contributed by atoms with Crippen molar-refractivity contribution >= 4 is 50.4 Å². The molecule has 0 fully saturated rings. The fourth-order valence-corrected chi connectivity index (χ4v) is 0. The van der Waals surface area contributed by atoms with Crippen LogP contribution in [0.25, 0.3) is 0 Å². The maximum atomic E-state index is 7.13. The predicted molar refractivity (Wildman–Crippen MR) is 21.0 cm³/mol. The molecule has 0 rings (SSSR count). The Morgan fingerprint density at radius 3 is 1.80 bits per heavy atom. The van der Waals surface area contributed by atoms with Crippen molar-refractivity contribution in [3.05, 3.63) is 0 Å². The van der Waals surface area contributed by atoms with E-state index in [4.69, 9.17) is 5.26 Å². The van der Waals surface area contributed by atoms with E-state index >= 15 is 0 Å². The molecule has 0 atom stereocenters. The normalized spacial score (nSPS) is 1.40. The zero-order valence-electron chi connectivity index (χ0n) is 5.06. The van der Waals surface area contributed by atoms with E-state index in [0.29, 0.717) is 0 Å². The van der Waals surface area contributed by atoms with Gasteiger partial charge >= 0.3 is 89.1 Å². The maximum Gasteiger partial charge on any atom is 2.00 e. The molecular formula is CH2CaKNS. The third-order valence-electron chi connectivity index (χ3n) is 0. The van der Waals surface area contributed by atoms with E-state index in [1.807, 2.05) is 0 Å². The van der Waals surface area contributed by atoms with Gasteiger partial charge < -0.3 is 15.5 Å². The molecule has 0 aliphatic heterocycles. The summed E-state index contributed by atoms with van der Waals surface area (Å²) in [7, 11) is 0. The Morgan fingerprint density at radius 2 is 1.80 bits per heavy atom. The molecule has 0 spiro atoms. The minimum absolute atomic E-state index is 0. The van der Waals surface area contributed by atoms with Gasteiger partial charge in [-0.25, -0.2) is 5.26 Å². The molecule has 0 unspecified atom stereocenters. The summed E-state index contributed by atoms with van der Waals surface area (Å²) in [6, 6.07) is 0. The summed E-state index contributed by atoms with van der Waals surface area (Å²) >= 11 is 3.70. The van der Waals surface area contributed by atoms with Gasteiger partial charge in [-0.2, -0.15) is 0 Å². The number of thiocyanates is 1. The van der Waals surface area contributed by atoms with Crippen LogP contribution in [0.1, 0.15) is 2.85 Å². The minimum atomic E-state index is 0. The van der Waals surface area contributed by atoms with Crippen LogP contribution in [0.2, 0.25) is 0 Å². The molecule has 0 N–H and O–H groups in total. The van der Waals surface area contributed by atoms with E-state index < -0.39 is 0 Å². The minimum Gasteiger partial charge on any atom is -1.00 e. The Morgan fingerprint density at radius 1 is 1.80 bits per heavy atom. The summed E-state index contributed by atoms with van der Waals surface area (Å²) in [6.07, 6.45) is 0. The topological polar surface area (TPSA) is 23.8 Å². The first-order chi connectivity index (χ1) is 1.41. The predicted octanol–water partition coefficient (Wildman–Crippen LogP) is -3.14. The van der Waals surface area contributed by atoms with Crippen LogP contribution in [0.3, 0.4) is 0 Å². The Hall–Kier alpha value is 2.61. The van der Waals surface area contributed by atoms with E-state index in [1.54, 1.807) is 0 Å². The van der Waals surface area contributed by atoms with Crippen molar-refractivity contribution in [2.75, 3.05) is 0 Å². The average molecular weight is 139 g/mol. The molecule has 0 aromatic carbocycles. The summed E-state index contributed by atoms with van der Waals surface area (Å²) in [5.41, 5.74) is 0. The Balaban J connectivity index is -0.00000000333. The molecule has 0 amide bonds. The molecule has 5 heavy (non-hydrogen) atoms. The third kappa shape index (κ3) is 20.6. The van der Waals surface area contributed by atoms with Gasteiger partial charge in [0, 0.05) is 0 Å². The van der Waals surface area contributed by atoms with Crippen LogP contribution in [0.4, 0.5) is 0 Å². The summed E-state index contributed by atoms with van der Waals surface area (Å²) < 4.78 is 0. The molecule has 0 saturated carbocycles. The van der Waals surface area contributed by atoms with Gasteiger partial charge in [-0.15, -0.1) is 0 Å². The zero-order chi connectivity index (χ0) is 2.71. The molecular weight excluding hydrogens is 137 g/mol. The standard InChI is InChI=1S/CHNS.Ca.K.2H/c2-1-3;;;;/h3H;;;;/q;+2;+1;2*-1/p-1. The summed E-state index contributed by atoms with van der Waals surface area (Å²) in [5.74, 6) is 0. The Bertz CT molecular complexity index is 39.2. The first kappa shape index (κ1) is 15.6. The average Bonchev–Trinajstić information content (AvgIpc) is 0.918. The summed E-state index contributed by atoms with van der Waals surface area (Å²) in [5, 5.41) is 8.47. The molecule has 0 aromatic rings. The van der Waals surface area contributed by atoms with Gasteiger partial charge in [0.15, 0.2) is 0 Å². The van der Waals surface area contributed by atoms with E-state index in [0.717, 1.165) is 0 Å². The smallest absolute Gasteiger partial charge is 1.00 e. The molecule has 0 aliphatic rings. The van der Waals surface area contributed by atoms with E-state index in [-0.39, 0.29) is 92.0 Å². The summed E-state index contributed by atoms with van der Waals surface area (Å²) in [6.45, 7) is 0. The molecule has 0 radical (unpaired) electrons. The Kier molecular flexibility index (Phi) is 50.0. The number of hydrogen-bond donors (Lipinski definition) is 0. The van der Waals surface area contributed by atoms with Crippen molar-refractivity contribution < 1.29 is 54.2 Å². The van der Waals surface area contributed by atoms with Gasteiger partial charge in [-0.1, -0.05) is 5.40 Å². The fourth-order valence-electron chi connectivity index (χ4n) is 0. The largest absolute Gasteiger partial charge is 2.00 e. The van der Waals surface area contributed by atoms with Crippen LogP contribution in [0.15, 0.2) is 0 Å². The molecule has 0 aromatic heterocycles. The van der Waals surface area contributed by atoms with Gasteiger partial charge in [0.1, 0.15) is 0 Å². The van der Waals surface area contributed by atoms with Crippen LogP contribution in [-0.4, -0.2) is 37.7 Å². The molecule has 0 aliphatic carbocycles. The van der Waals surface area contributed by atoms with Crippen molar-refractivity contribution in [1.82, 2.24) is 0 Å². The summed E-state index contributed by atoms with van der Waals surface area (Å²) in [4.78, 5) is 0. The van der Waals surface area contributed by atoms with E-state index in [9.17, 15) is 0 Å². The number of hydrogen-bond acceptors (Lipinski definition) is 2. The van der Waals surface area contributed by atoms with Crippen molar-refractivity contribution in [2.45, 2.75) is 0 Å². The second kappa shape index (κ2) is 16.0. The van der Waals surface area contributed by atoms with Gasteiger partial charge in [-0.05, 0) is 0 Å². The second-order valence-corrected chi connectivity index (χ2v) is 0.274. The van der Waals surface area contributed by atoms with Crippen molar-refractivity contribution in [3.63, 3.8) is 0 Å². The molecule has 0 saturated heterocycles. The van der Waals surface area contributed by atoms with Gasteiger partial charge in [0.25, 0.3) is 0 Å². The molecule has 0 bridgehead atoms. The Labute approximate surface area is 112 Å². The monoisotopic (exact) mass is 139 g/mol.